The van der Waals surface area contributed by atoms with Gasteiger partial charge in [0.15, 0.2) is 5.60 Å². The second-order valence-electron chi connectivity index (χ2n) is 5.55. The van der Waals surface area contributed by atoms with Gasteiger partial charge in [-0.15, -0.1) is 5.92 Å². The Morgan fingerprint density at radius 2 is 1.91 bits per heavy atom. The van der Waals surface area contributed by atoms with Crippen molar-refractivity contribution in [3.63, 3.8) is 0 Å². The molecule has 0 atom stereocenters. The molecule has 1 saturated carbocycles. The second kappa shape index (κ2) is 6.53. The summed E-state index contributed by atoms with van der Waals surface area (Å²) >= 11 is 0. The summed E-state index contributed by atoms with van der Waals surface area (Å²) in [5.74, 6) is 3.84. The summed E-state index contributed by atoms with van der Waals surface area (Å²) in [5.41, 5.74) is -2.21. The first kappa shape index (κ1) is 17.2. The number of carboxylic acids is 1. The second-order valence-corrected chi connectivity index (χ2v) is 5.55. The van der Waals surface area contributed by atoms with Crippen molar-refractivity contribution in [3.8, 4) is 17.6 Å². The van der Waals surface area contributed by atoms with E-state index in [0.717, 1.165) is 37.5 Å². The van der Waals surface area contributed by atoms with Crippen molar-refractivity contribution >= 4 is 5.97 Å². The monoisotopic (exact) mass is 326 g/mol. The van der Waals surface area contributed by atoms with Gasteiger partial charge in [-0.05, 0) is 50.8 Å². The van der Waals surface area contributed by atoms with E-state index in [1.165, 1.54) is 0 Å². The van der Waals surface area contributed by atoms with Crippen LogP contribution in [0.1, 0.15) is 54.9 Å². The first-order chi connectivity index (χ1) is 10.8. The molecule has 1 fully saturated rings. The van der Waals surface area contributed by atoms with E-state index in [1.807, 2.05) is 0 Å². The van der Waals surface area contributed by atoms with Crippen molar-refractivity contribution in [1.82, 2.24) is 0 Å². The minimum absolute atomic E-state index is 0.247. The van der Waals surface area contributed by atoms with Crippen LogP contribution in [-0.4, -0.2) is 16.7 Å². The van der Waals surface area contributed by atoms with Crippen LogP contribution < -0.4 is 4.74 Å². The maximum Gasteiger partial charge on any atom is 0.419 e. The van der Waals surface area contributed by atoms with Gasteiger partial charge in [-0.25, -0.2) is 4.79 Å². The molecule has 1 aromatic carbocycles. The van der Waals surface area contributed by atoms with Crippen LogP contribution in [0, 0.1) is 11.8 Å². The number of ether oxygens (including phenoxy) is 1. The van der Waals surface area contributed by atoms with E-state index in [4.69, 9.17) is 9.84 Å². The van der Waals surface area contributed by atoms with Crippen LogP contribution in [0.3, 0.4) is 0 Å². The largest absolute Gasteiger partial charge is 0.478 e. The van der Waals surface area contributed by atoms with E-state index in [0.29, 0.717) is 12.8 Å². The standard InChI is InChI=1S/C17H17F3O3/c1-2-8-16(9-4-3-5-10-16)23-14-11-12(15(21)22)6-7-13(14)17(18,19)20/h6-7,11H,3-5,9-10H2,1H3,(H,21,22). The highest BCUT2D eigenvalue weighted by Gasteiger charge is 2.39. The summed E-state index contributed by atoms with van der Waals surface area (Å²) in [7, 11) is 0. The topological polar surface area (TPSA) is 46.5 Å². The van der Waals surface area contributed by atoms with Gasteiger partial charge in [-0.2, -0.15) is 13.2 Å². The van der Waals surface area contributed by atoms with Crippen LogP contribution in [0.15, 0.2) is 18.2 Å². The third-order valence-electron chi connectivity index (χ3n) is 3.85. The molecule has 0 saturated heterocycles. The lowest BCUT2D eigenvalue weighted by atomic mass is 9.85. The third kappa shape index (κ3) is 3.98. The number of rotatable bonds is 3. The van der Waals surface area contributed by atoms with Crippen LogP contribution in [0.4, 0.5) is 13.2 Å². The van der Waals surface area contributed by atoms with E-state index in [9.17, 15) is 18.0 Å². The predicted molar refractivity (Wildman–Crippen MR) is 78.3 cm³/mol. The summed E-state index contributed by atoms with van der Waals surface area (Å²) < 4.78 is 45.2. The molecule has 23 heavy (non-hydrogen) atoms. The number of carbonyl (C=O) groups is 1. The third-order valence-corrected chi connectivity index (χ3v) is 3.85. The van der Waals surface area contributed by atoms with Gasteiger partial charge in [0, 0.05) is 0 Å². The van der Waals surface area contributed by atoms with Gasteiger partial charge in [-0.3, -0.25) is 0 Å². The molecular formula is C17H17F3O3. The molecule has 0 unspecified atom stereocenters. The SMILES string of the molecule is CC#CC1(Oc2cc(C(=O)O)ccc2C(F)(F)F)CCCCC1. The van der Waals surface area contributed by atoms with Gasteiger partial charge in [0.05, 0.1) is 11.1 Å². The number of alkyl halides is 3. The maximum absolute atomic E-state index is 13.2. The van der Waals surface area contributed by atoms with Crippen LogP contribution in [0.25, 0.3) is 0 Å². The molecular weight excluding hydrogens is 309 g/mol. The maximum atomic E-state index is 13.2. The average molecular weight is 326 g/mol. The Morgan fingerprint density at radius 1 is 1.26 bits per heavy atom. The van der Waals surface area contributed by atoms with Gasteiger partial charge in [0.25, 0.3) is 0 Å². The molecule has 2 rings (SSSR count). The molecule has 0 aliphatic heterocycles. The number of hydrogen-bond donors (Lipinski definition) is 1. The Hall–Kier alpha value is -2.16. The number of hydrogen-bond acceptors (Lipinski definition) is 2. The lowest BCUT2D eigenvalue weighted by Gasteiger charge is -2.34. The fraction of sp³-hybridized carbons (Fsp3) is 0.471. The molecule has 0 aromatic heterocycles. The van der Waals surface area contributed by atoms with Crippen LogP contribution in [0.2, 0.25) is 0 Å². The zero-order valence-corrected chi connectivity index (χ0v) is 12.7. The Morgan fingerprint density at radius 3 is 2.43 bits per heavy atom. The Balaban J connectivity index is 2.47. The number of aromatic carboxylic acids is 1. The van der Waals surface area contributed by atoms with Crippen LogP contribution >= 0.6 is 0 Å². The Kier molecular flexibility index (Phi) is 4.88. The van der Waals surface area contributed by atoms with Gasteiger partial charge in [0.1, 0.15) is 5.75 Å². The summed E-state index contributed by atoms with van der Waals surface area (Å²) in [6.07, 6.45) is -0.951. The Labute approximate surface area is 132 Å². The molecule has 0 amide bonds. The molecule has 0 heterocycles. The summed E-state index contributed by atoms with van der Waals surface area (Å²) in [5, 5.41) is 9.01. The molecule has 0 bridgehead atoms. The van der Waals surface area contributed by atoms with E-state index in [2.05, 4.69) is 11.8 Å². The fourth-order valence-corrected chi connectivity index (χ4v) is 2.79. The predicted octanol–water partition coefficient (Wildman–Crippen LogP) is 4.51. The Bertz CT molecular complexity index is 647. The normalized spacial score (nSPS) is 17.0. The summed E-state index contributed by atoms with van der Waals surface area (Å²) in [6, 6.07) is 2.60. The fourth-order valence-electron chi connectivity index (χ4n) is 2.79. The van der Waals surface area contributed by atoms with Gasteiger partial charge >= 0.3 is 12.1 Å². The van der Waals surface area contributed by atoms with Gasteiger partial charge < -0.3 is 9.84 Å². The van der Waals surface area contributed by atoms with Crippen LogP contribution in [-0.2, 0) is 6.18 Å². The molecule has 124 valence electrons. The quantitative estimate of drug-likeness (QED) is 0.831. The van der Waals surface area contributed by atoms with Gasteiger partial charge in [0.2, 0.25) is 0 Å². The van der Waals surface area contributed by atoms with E-state index in [1.54, 1.807) is 6.92 Å². The highest BCUT2D eigenvalue weighted by atomic mass is 19.4. The van der Waals surface area contributed by atoms with E-state index >= 15 is 0 Å². The van der Waals surface area contributed by atoms with Crippen molar-refractivity contribution in [2.24, 2.45) is 0 Å². The molecule has 1 aliphatic carbocycles. The molecule has 0 radical (unpaired) electrons. The smallest absolute Gasteiger partial charge is 0.419 e. The zero-order valence-electron chi connectivity index (χ0n) is 12.7. The van der Waals surface area contributed by atoms with Crippen molar-refractivity contribution in [1.29, 1.82) is 0 Å². The first-order valence-electron chi connectivity index (χ1n) is 7.35. The number of halogens is 3. The van der Waals surface area contributed by atoms with Gasteiger partial charge in [-0.1, -0.05) is 12.3 Å². The lowest BCUT2D eigenvalue weighted by molar-refractivity contribution is -0.139. The van der Waals surface area contributed by atoms with Crippen molar-refractivity contribution in [2.75, 3.05) is 0 Å². The minimum Gasteiger partial charge on any atom is -0.478 e. The van der Waals surface area contributed by atoms with Crippen LogP contribution in [0.5, 0.6) is 5.75 Å². The van der Waals surface area contributed by atoms with E-state index in [-0.39, 0.29) is 5.56 Å². The molecule has 6 heteroatoms. The van der Waals surface area contributed by atoms with Crippen molar-refractivity contribution in [3.05, 3.63) is 29.3 Å². The molecule has 3 nitrogen and oxygen atoms in total. The average Bonchev–Trinajstić information content (AvgIpc) is 2.47. The number of benzene rings is 1. The summed E-state index contributed by atoms with van der Waals surface area (Å²) in [4.78, 5) is 11.0. The molecule has 0 spiro atoms. The lowest BCUT2D eigenvalue weighted by Crippen LogP contribution is -2.37. The highest BCUT2D eigenvalue weighted by molar-refractivity contribution is 5.88. The first-order valence-corrected chi connectivity index (χ1v) is 7.35. The zero-order chi connectivity index (χ0) is 17.1. The summed E-state index contributed by atoms with van der Waals surface area (Å²) in [6.45, 7) is 1.61. The van der Waals surface area contributed by atoms with E-state index < -0.39 is 29.1 Å². The van der Waals surface area contributed by atoms with Crippen molar-refractivity contribution in [2.45, 2.75) is 50.8 Å². The van der Waals surface area contributed by atoms with Crippen molar-refractivity contribution < 1.29 is 27.8 Å². The minimum atomic E-state index is -4.62. The highest BCUT2D eigenvalue weighted by Crippen LogP contribution is 2.40. The molecule has 1 aromatic rings. The molecule has 1 N–H and O–H groups in total. The number of carboxylic acid groups (broad SMARTS) is 1. The molecule has 1 aliphatic rings.